The van der Waals surface area contributed by atoms with Gasteiger partial charge >= 0.3 is 0 Å². The first-order valence-electron chi connectivity index (χ1n) is 12.8. The van der Waals surface area contributed by atoms with Crippen LogP contribution in [0.5, 0.6) is 0 Å². The zero-order chi connectivity index (χ0) is 26.3. The number of hydrogen-bond donors (Lipinski definition) is 2. The van der Waals surface area contributed by atoms with E-state index in [9.17, 15) is 0 Å². The predicted molar refractivity (Wildman–Crippen MR) is 155 cm³/mol. The Hall–Kier alpha value is -3.99. The van der Waals surface area contributed by atoms with E-state index in [1.54, 1.807) is 0 Å². The third kappa shape index (κ3) is 5.72. The van der Waals surface area contributed by atoms with Crippen molar-refractivity contribution in [3.63, 3.8) is 0 Å². The molecule has 5 rings (SSSR count). The van der Waals surface area contributed by atoms with Gasteiger partial charge < -0.3 is 4.42 Å². The Morgan fingerprint density at radius 3 is 1.86 bits per heavy atom. The second-order valence-electron chi connectivity index (χ2n) is 9.06. The van der Waals surface area contributed by atoms with Crippen molar-refractivity contribution in [1.29, 1.82) is 0 Å². The number of hydrogen-bond acceptors (Lipinski definition) is 4. The van der Waals surface area contributed by atoms with Crippen LogP contribution in [0.1, 0.15) is 33.3 Å². The molecule has 0 radical (unpaired) electrons. The second-order valence-corrected chi connectivity index (χ2v) is 9.06. The van der Waals surface area contributed by atoms with E-state index in [4.69, 9.17) is 9.40 Å². The Bertz CT molecular complexity index is 1370. The lowest BCUT2D eigenvalue weighted by Crippen LogP contribution is -2.44. The van der Waals surface area contributed by atoms with Crippen LogP contribution in [0.25, 0.3) is 45.2 Å². The molecule has 0 saturated heterocycles. The molecule has 1 heterocycles. The van der Waals surface area contributed by atoms with E-state index >= 15 is 0 Å². The highest BCUT2D eigenvalue weighted by Gasteiger charge is 2.22. The van der Waals surface area contributed by atoms with Gasteiger partial charge in [0.1, 0.15) is 5.69 Å². The molecule has 0 spiro atoms. The van der Waals surface area contributed by atoms with E-state index < -0.39 is 0 Å². The van der Waals surface area contributed by atoms with Crippen molar-refractivity contribution in [2.24, 2.45) is 0 Å². The van der Waals surface area contributed by atoms with Crippen LogP contribution in [-0.2, 0) is 5.54 Å². The van der Waals surface area contributed by atoms with Gasteiger partial charge in [-0.15, -0.1) is 0 Å². The average Bonchev–Trinajstić information content (AvgIpc) is 3.41. The second kappa shape index (κ2) is 11.8. The first-order chi connectivity index (χ1) is 18.1. The minimum absolute atomic E-state index is 0.233. The lowest BCUT2D eigenvalue weighted by Gasteiger charge is -2.27. The van der Waals surface area contributed by atoms with E-state index in [2.05, 4.69) is 91.4 Å². The van der Waals surface area contributed by atoms with E-state index in [0.29, 0.717) is 5.89 Å². The Kier molecular flexibility index (Phi) is 8.34. The normalized spacial score (nSPS) is 11.1. The predicted octanol–water partition coefficient (Wildman–Crippen LogP) is 8.33. The summed E-state index contributed by atoms with van der Waals surface area (Å²) in [6, 6.07) is 37.3. The number of oxazole rings is 1. The number of benzene rings is 4. The van der Waals surface area contributed by atoms with Crippen molar-refractivity contribution < 1.29 is 4.42 Å². The first-order valence-corrected chi connectivity index (χ1v) is 12.8. The van der Waals surface area contributed by atoms with Crippen molar-refractivity contribution in [2.75, 3.05) is 7.05 Å². The van der Waals surface area contributed by atoms with E-state index in [-0.39, 0.29) is 5.54 Å². The summed E-state index contributed by atoms with van der Waals surface area (Å²) in [4.78, 5) is 5.02. The minimum Gasteiger partial charge on any atom is -0.435 e. The number of nitrogens with one attached hydrogen (secondary N) is 2. The largest absolute Gasteiger partial charge is 0.435 e. The quantitative estimate of drug-likeness (QED) is 0.226. The average molecular weight is 490 g/mol. The molecule has 37 heavy (non-hydrogen) atoms. The molecule has 0 aliphatic heterocycles. The summed E-state index contributed by atoms with van der Waals surface area (Å²) in [7, 11) is 1.89. The summed E-state index contributed by atoms with van der Waals surface area (Å²) in [6.45, 7) is 8.31. The van der Waals surface area contributed by atoms with Gasteiger partial charge in [-0.05, 0) is 49.7 Å². The van der Waals surface area contributed by atoms with Gasteiger partial charge in [0.25, 0.3) is 0 Å². The van der Waals surface area contributed by atoms with Crippen LogP contribution >= 0.6 is 0 Å². The Morgan fingerprint density at radius 1 is 0.649 bits per heavy atom. The molecule has 0 fully saturated rings. The van der Waals surface area contributed by atoms with Gasteiger partial charge in [0, 0.05) is 16.7 Å². The molecule has 0 bridgehead atoms. The molecule has 0 unspecified atom stereocenters. The molecule has 4 heteroatoms. The fourth-order valence-electron chi connectivity index (χ4n) is 4.39. The van der Waals surface area contributed by atoms with Crippen molar-refractivity contribution in [1.82, 2.24) is 15.8 Å². The van der Waals surface area contributed by atoms with Crippen molar-refractivity contribution in [3.8, 4) is 45.2 Å². The molecule has 4 nitrogen and oxygen atoms in total. The fraction of sp³-hybridized carbons (Fsp3) is 0.182. The summed E-state index contributed by atoms with van der Waals surface area (Å²) in [5.74, 6) is 1.38. The first kappa shape index (κ1) is 26.1. The van der Waals surface area contributed by atoms with Crippen LogP contribution in [0.3, 0.4) is 0 Å². The highest BCUT2D eigenvalue weighted by atomic mass is 16.4. The van der Waals surface area contributed by atoms with Crippen LogP contribution in [-0.4, -0.2) is 12.0 Å². The number of aromatic nitrogens is 1. The van der Waals surface area contributed by atoms with Crippen LogP contribution in [0.15, 0.2) is 114 Å². The molecule has 0 aliphatic rings. The zero-order valence-corrected chi connectivity index (χ0v) is 22.2. The molecular formula is C33H35N3O. The maximum absolute atomic E-state index is 6.51. The topological polar surface area (TPSA) is 50.1 Å². The molecule has 4 aromatic carbocycles. The number of nitrogens with zero attached hydrogens (tertiary/aromatic N) is 1. The molecule has 2 N–H and O–H groups in total. The Balaban J connectivity index is 0.00000156. The lowest BCUT2D eigenvalue weighted by atomic mass is 9.90. The van der Waals surface area contributed by atoms with E-state index in [1.807, 2.05) is 63.4 Å². The number of rotatable bonds is 7. The van der Waals surface area contributed by atoms with Crippen LogP contribution < -0.4 is 10.9 Å². The molecule has 1 aromatic heterocycles. The summed E-state index contributed by atoms with van der Waals surface area (Å²) < 4.78 is 6.51. The van der Waals surface area contributed by atoms with Gasteiger partial charge in [-0.3, -0.25) is 5.43 Å². The van der Waals surface area contributed by atoms with E-state index in [1.165, 1.54) is 5.56 Å². The zero-order valence-electron chi connectivity index (χ0n) is 22.2. The highest BCUT2D eigenvalue weighted by molar-refractivity contribution is 5.84. The fourth-order valence-corrected chi connectivity index (χ4v) is 4.39. The molecular weight excluding hydrogens is 454 g/mol. The molecule has 0 aliphatic carbocycles. The van der Waals surface area contributed by atoms with Gasteiger partial charge in [0.2, 0.25) is 5.89 Å². The monoisotopic (exact) mass is 489 g/mol. The third-order valence-corrected chi connectivity index (χ3v) is 6.20. The maximum Gasteiger partial charge on any atom is 0.227 e. The minimum atomic E-state index is -0.233. The summed E-state index contributed by atoms with van der Waals surface area (Å²) in [5, 5.41) is 0. The van der Waals surface area contributed by atoms with Gasteiger partial charge in [-0.25, -0.2) is 10.4 Å². The van der Waals surface area contributed by atoms with Crippen LogP contribution in [0.2, 0.25) is 0 Å². The molecule has 0 saturated carbocycles. The van der Waals surface area contributed by atoms with Crippen molar-refractivity contribution in [3.05, 3.63) is 115 Å². The highest BCUT2D eigenvalue weighted by Crippen LogP contribution is 2.39. The lowest BCUT2D eigenvalue weighted by molar-refractivity contribution is 0.359. The molecule has 188 valence electrons. The summed E-state index contributed by atoms with van der Waals surface area (Å²) in [5.41, 5.74) is 13.4. The van der Waals surface area contributed by atoms with E-state index in [0.717, 1.165) is 39.3 Å². The standard InChI is InChI=1S/C31H29N3O.C2H6/c1-31(2,34-32-3)25-18-12-17-24(21-25)26-19-10-11-20-27(26)30-33-28(22-13-6-4-7-14-22)29(35-30)23-15-8-5-9-16-23;1-2/h4-21,32,34H,1-3H3;1-2H3. The van der Waals surface area contributed by atoms with Gasteiger partial charge in [-0.1, -0.05) is 111 Å². The molecule has 0 amide bonds. The maximum atomic E-state index is 6.51. The van der Waals surface area contributed by atoms with Crippen molar-refractivity contribution >= 4 is 0 Å². The van der Waals surface area contributed by atoms with Gasteiger partial charge in [0.15, 0.2) is 5.76 Å². The third-order valence-electron chi connectivity index (χ3n) is 6.20. The summed E-state index contributed by atoms with van der Waals surface area (Å²) in [6.07, 6.45) is 0. The molecule has 0 atom stereocenters. The Morgan fingerprint density at radius 2 is 1.22 bits per heavy atom. The van der Waals surface area contributed by atoms with Crippen LogP contribution in [0.4, 0.5) is 0 Å². The smallest absolute Gasteiger partial charge is 0.227 e. The van der Waals surface area contributed by atoms with Crippen LogP contribution in [0, 0.1) is 0 Å². The summed E-state index contributed by atoms with van der Waals surface area (Å²) >= 11 is 0. The van der Waals surface area contributed by atoms with Gasteiger partial charge in [-0.2, -0.15) is 0 Å². The molecule has 5 aromatic rings. The number of hydrazine groups is 1. The SMILES string of the molecule is CC.CNNC(C)(C)c1cccc(-c2ccccc2-c2nc(-c3ccccc3)c(-c3ccccc3)o2)c1. The Labute approximate surface area is 220 Å². The van der Waals surface area contributed by atoms with Crippen molar-refractivity contribution in [2.45, 2.75) is 33.2 Å². The van der Waals surface area contributed by atoms with Gasteiger partial charge in [0.05, 0.1) is 5.54 Å².